The van der Waals surface area contributed by atoms with Crippen molar-refractivity contribution in [1.82, 2.24) is 0 Å². The van der Waals surface area contributed by atoms with Gasteiger partial charge in [-0.05, 0) is 38.0 Å². The molecule has 0 aliphatic heterocycles. The van der Waals surface area contributed by atoms with Gasteiger partial charge in [-0.15, -0.1) is 0 Å². The highest BCUT2D eigenvalue weighted by atomic mass is 14.3. The SMILES string of the molecule is CC/C=C(/CCCCCCCCCCCC)C1CC1. The Balaban J connectivity index is 1.84. The smallest absolute Gasteiger partial charge is 0.0203 e. The first kappa shape index (κ1) is 16.8. The van der Waals surface area contributed by atoms with Gasteiger partial charge in [-0.2, -0.15) is 0 Å². The summed E-state index contributed by atoms with van der Waals surface area (Å²) in [4.78, 5) is 0. The Morgan fingerprint density at radius 1 is 0.789 bits per heavy atom. The fraction of sp³-hybridized carbons (Fsp3) is 0.895. The zero-order valence-corrected chi connectivity index (χ0v) is 13.6. The molecule has 0 aromatic carbocycles. The molecule has 1 saturated carbocycles. The largest absolute Gasteiger partial charge is 0.0853 e. The van der Waals surface area contributed by atoms with Crippen LogP contribution in [0, 0.1) is 5.92 Å². The first-order valence-corrected chi connectivity index (χ1v) is 9.07. The molecule has 1 fully saturated rings. The number of hydrogen-bond acceptors (Lipinski definition) is 0. The highest BCUT2D eigenvalue weighted by molar-refractivity contribution is 5.12. The molecule has 0 atom stereocenters. The van der Waals surface area contributed by atoms with E-state index < -0.39 is 0 Å². The molecular weight excluding hydrogens is 228 g/mol. The van der Waals surface area contributed by atoms with Crippen molar-refractivity contribution in [2.75, 3.05) is 0 Å². The van der Waals surface area contributed by atoms with Crippen molar-refractivity contribution in [3.63, 3.8) is 0 Å². The van der Waals surface area contributed by atoms with Crippen molar-refractivity contribution in [3.8, 4) is 0 Å². The quantitative estimate of drug-likeness (QED) is 0.247. The van der Waals surface area contributed by atoms with E-state index in [9.17, 15) is 0 Å². The van der Waals surface area contributed by atoms with Crippen molar-refractivity contribution in [2.45, 2.75) is 104 Å². The van der Waals surface area contributed by atoms with Crippen molar-refractivity contribution in [3.05, 3.63) is 11.6 Å². The molecule has 0 N–H and O–H groups in total. The molecule has 1 rings (SSSR count). The topological polar surface area (TPSA) is 0 Å². The molecule has 1 aliphatic rings. The van der Waals surface area contributed by atoms with E-state index in [0.29, 0.717) is 0 Å². The van der Waals surface area contributed by atoms with E-state index >= 15 is 0 Å². The van der Waals surface area contributed by atoms with E-state index in [1.807, 2.05) is 0 Å². The van der Waals surface area contributed by atoms with Gasteiger partial charge < -0.3 is 0 Å². The molecule has 0 nitrogen and oxygen atoms in total. The third kappa shape index (κ3) is 9.30. The van der Waals surface area contributed by atoms with Crippen LogP contribution in [0.5, 0.6) is 0 Å². The number of hydrogen-bond donors (Lipinski definition) is 0. The zero-order chi connectivity index (χ0) is 13.8. The first-order valence-electron chi connectivity index (χ1n) is 9.07. The van der Waals surface area contributed by atoms with Gasteiger partial charge in [0, 0.05) is 0 Å². The van der Waals surface area contributed by atoms with Crippen LogP contribution in [0.3, 0.4) is 0 Å². The molecule has 0 radical (unpaired) electrons. The molecule has 0 amide bonds. The third-order valence-corrected chi connectivity index (χ3v) is 4.39. The molecule has 0 unspecified atom stereocenters. The van der Waals surface area contributed by atoms with Crippen molar-refractivity contribution >= 4 is 0 Å². The standard InChI is InChI=1S/C19H36/c1-3-5-6-7-8-9-10-11-12-13-15-18(14-4-2)19-16-17-19/h14,19H,3-13,15-17H2,1-2H3/b18-14-. The monoisotopic (exact) mass is 264 g/mol. The Labute approximate surface area is 122 Å². The number of unbranched alkanes of at least 4 members (excludes halogenated alkanes) is 9. The van der Waals surface area contributed by atoms with Gasteiger partial charge in [0.05, 0.1) is 0 Å². The predicted molar refractivity (Wildman–Crippen MR) is 87.6 cm³/mol. The molecular formula is C19H36. The molecule has 0 aromatic heterocycles. The van der Waals surface area contributed by atoms with Gasteiger partial charge in [0.15, 0.2) is 0 Å². The lowest BCUT2D eigenvalue weighted by molar-refractivity contribution is 0.554. The van der Waals surface area contributed by atoms with Gasteiger partial charge >= 0.3 is 0 Å². The molecule has 19 heavy (non-hydrogen) atoms. The normalized spacial score (nSPS) is 16.0. The molecule has 0 saturated heterocycles. The summed E-state index contributed by atoms with van der Waals surface area (Å²) in [6.07, 6.45) is 22.6. The summed E-state index contributed by atoms with van der Waals surface area (Å²) in [7, 11) is 0. The number of allylic oxidation sites excluding steroid dienone is 2. The Morgan fingerprint density at radius 3 is 1.79 bits per heavy atom. The van der Waals surface area contributed by atoms with Crippen molar-refractivity contribution < 1.29 is 0 Å². The molecule has 112 valence electrons. The van der Waals surface area contributed by atoms with E-state index in [2.05, 4.69) is 19.9 Å². The fourth-order valence-corrected chi connectivity index (χ4v) is 3.01. The summed E-state index contributed by atoms with van der Waals surface area (Å²) >= 11 is 0. The van der Waals surface area contributed by atoms with Crippen molar-refractivity contribution in [1.29, 1.82) is 0 Å². The first-order chi connectivity index (χ1) is 9.38. The number of rotatable bonds is 13. The summed E-state index contributed by atoms with van der Waals surface area (Å²) in [5.74, 6) is 0.999. The van der Waals surface area contributed by atoms with Gasteiger partial charge in [-0.25, -0.2) is 0 Å². The second kappa shape index (κ2) is 11.6. The van der Waals surface area contributed by atoms with Crippen LogP contribution in [0.2, 0.25) is 0 Å². The summed E-state index contributed by atoms with van der Waals surface area (Å²) < 4.78 is 0. The van der Waals surface area contributed by atoms with E-state index in [4.69, 9.17) is 0 Å². The van der Waals surface area contributed by atoms with Gasteiger partial charge in [-0.1, -0.05) is 83.3 Å². The molecule has 0 spiro atoms. The summed E-state index contributed by atoms with van der Waals surface area (Å²) in [5.41, 5.74) is 1.79. The lowest BCUT2D eigenvalue weighted by atomic mass is 10.0. The minimum atomic E-state index is 0.999. The average Bonchev–Trinajstić information content (AvgIpc) is 3.24. The van der Waals surface area contributed by atoms with Crippen LogP contribution in [0.15, 0.2) is 11.6 Å². The van der Waals surface area contributed by atoms with Crippen LogP contribution in [0.4, 0.5) is 0 Å². The summed E-state index contributed by atoms with van der Waals surface area (Å²) in [6, 6.07) is 0. The second-order valence-corrected chi connectivity index (χ2v) is 6.39. The molecule has 0 heteroatoms. The lowest BCUT2D eigenvalue weighted by Gasteiger charge is -2.06. The minimum Gasteiger partial charge on any atom is -0.0853 e. The highest BCUT2D eigenvalue weighted by Gasteiger charge is 2.24. The fourth-order valence-electron chi connectivity index (χ4n) is 3.01. The predicted octanol–water partition coefficient (Wildman–Crippen LogP) is 7.04. The Bertz CT molecular complexity index is 222. The lowest BCUT2D eigenvalue weighted by Crippen LogP contribution is -1.88. The van der Waals surface area contributed by atoms with Gasteiger partial charge in [0.1, 0.15) is 0 Å². The Morgan fingerprint density at radius 2 is 1.32 bits per heavy atom. The Hall–Kier alpha value is -0.260. The van der Waals surface area contributed by atoms with Crippen LogP contribution >= 0.6 is 0 Å². The van der Waals surface area contributed by atoms with Gasteiger partial charge in [-0.3, -0.25) is 0 Å². The summed E-state index contributed by atoms with van der Waals surface area (Å²) in [5, 5.41) is 0. The second-order valence-electron chi connectivity index (χ2n) is 6.39. The maximum Gasteiger partial charge on any atom is -0.0203 e. The van der Waals surface area contributed by atoms with Crippen molar-refractivity contribution in [2.24, 2.45) is 5.92 Å². The molecule has 0 heterocycles. The van der Waals surface area contributed by atoms with Gasteiger partial charge in [0.2, 0.25) is 0 Å². The average molecular weight is 264 g/mol. The van der Waals surface area contributed by atoms with Crippen LogP contribution in [-0.2, 0) is 0 Å². The van der Waals surface area contributed by atoms with Crippen LogP contribution in [-0.4, -0.2) is 0 Å². The third-order valence-electron chi connectivity index (χ3n) is 4.39. The van der Waals surface area contributed by atoms with Gasteiger partial charge in [0.25, 0.3) is 0 Å². The van der Waals surface area contributed by atoms with E-state index in [1.165, 1.54) is 89.9 Å². The zero-order valence-electron chi connectivity index (χ0n) is 13.6. The summed E-state index contributed by atoms with van der Waals surface area (Å²) in [6.45, 7) is 4.57. The molecule has 1 aliphatic carbocycles. The Kier molecular flexibility index (Phi) is 10.2. The van der Waals surface area contributed by atoms with Crippen LogP contribution in [0.1, 0.15) is 104 Å². The molecule has 0 bridgehead atoms. The van der Waals surface area contributed by atoms with E-state index in [1.54, 1.807) is 5.57 Å². The van der Waals surface area contributed by atoms with Crippen LogP contribution < -0.4 is 0 Å². The maximum atomic E-state index is 2.51. The van der Waals surface area contributed by atoms with E-state index in [-0.39, 0.29) is 0 Å². The van der Waals surface area contributed by atoms with E-state index in [0.717, 1.165) is 5.92 Å². The van der Waals surface area contributed by atoms with Crippen LogP contribution in [0.25, 0.3) is 0 Å². The minimum absolute atomic E-state index is 0.999. The highest BCUT2D eigenvalue weighted by Crippen LogP contribution is 2.39. The molecule has 0 aromatic rings. The maximum absolute atomic E-state index is 2.51.